The van der Waals surface area contributed by atoms with Crippen molar-refractivity contribution in [2.24, 2.45) is 0 Å². The maximum atomic E-state index is 12.6. The van der Waals surface area contributed by atoms with E-state index in [0.29, 0.717) is 35.8 Å². The van der Waals surface area contributed by atoms with Crippen LogP contribution in [0.1, 0.15) is 24.2 Å². The Morgan fingerprint density at radius 2 is 1.92 bits per heavy atom. The number of amides is 1. The summed E-state index contributed by atoms with van der Waals surface area (Å²) in [5.74, 6) is 0.00991. The van der Waals surface area contributed by atoms with E-state index in [2.05, 4.69) is 5.32 Å². The van der Waals surface area contributed by atoms with Gasteiger partial charge in [0, 0.05) is 19.2 Å². The quantitative estimate of drug-likeness (QED) is 0.572. The summed E-state index contributed by atoms with van der Waals surface area (Å²) in [6, 6.07) is 9.56. The Labute approximate surface area is 156 Å². The van der Waals surface area contributed by atoms with E-state index in [1.807, 2.05) is 18.7 Å². The van der Waals surface area contributed by atoms with Gasteiger partial charge in [0.1, 0.15) is 11.4 Å². The van der Waals surface area contributed by atoms with Crippen LogP contribution in [0, 0.1) is 10.1 Å². The minimum atomic E-state index is -0.481. The lowest BCUT2D eigenvalue weighted by molar-refractivity contribution is -0.384. The second kappa shape index (κ2) is 8.53. The lowest BCUT2D eigenvalue weighted by atomic mass is 10.1. The molecular formula is C18H20ClN3O4. The fourth-order valence-corrected chi connectivity index (χ4v) is 2.84. The lowest BCUT2D eigenvalue weighted by Crippen LogP contribution is -2.23. The Morgan fingerprint density at radius 3 is 2.50 bits per heavy atom. The van der Waals surface area contributed by atoms with Gasteiger partial charge in [-0.15, -0.1) is 0 Å². The fraction of sp³-hybridized carbons (Fsp3) is 0.278. The number of hydrogen-bond donors (Lipinski definition) is 1. The molecule has 7 nitrogen and oxygen atoms in total. The Balaban J connectivity index is 2.45. The number of carbonyl (C=O) groups excluding carboxylic acids is 1. The van der Waals surface area contributed by atoms with Gasteiger partial charge in [0.15, 0.2) is 0 Å². The van der Waals surface area contributed by atoms with Crippen molar-refractivity contribution in [2.75, 3.05) is 30.4 Å². The molecule has 1 N–H and O–H groups in total. The van der Waals surface area contributed by atoms with Gasteiger partial charge in [-0.2, -0.15) is 0 Å². The summed E-state index contributed by atoms with van der Waals surface area (Å²) in [4.78, 5) is 25.3. The van der Waals surface area contributed by atoms with Crippen molar-refractivity contribution in [3.63, 3.8) is 0 Å². The lowest BCUT2D eigenvalue weighted by Gasteiger charge is -2.22. The van der Waals surface area contributed by atoms with Gasteiger partial charge in [0.2, 0.25) is 0 Å². The van der Waals surface area contributed by atoms with Crippen LogP contribution in [0.4, 0.5) is 17.1 Å². The molecule has 0 unspecified atom stereocenters. The van der Waals surface area contributed by atoms with Crippen LogP contribution in [0.25, 0.3) is 0 Å². The highest BCUT2D eigenvalue weighted by atomic mass is 35.5. The van der Waals surface area contributed by atoms with Crippen LogP contribution in [0.3, 0.4) is 0 Å². The van der Waals surface area contributed by atoms with Gasteiger partial charge in [-0.3, -0.25) is 14.9 Å². The third-order valence-electron chi connectivity index (χ3n) is 3.96. The summed E-state index contributed by atoms with van der Waals surface area (Å²) in [5, 5.41) is 14.2. The largest absolute Gasteiger partial charge is 0.496 e. The number of nitro benzene ring substituents is 1. The van der Waals surface area contributed by atoms with Crippen molar-refractivity contribution in [2.45, 2.75) is 13.8 Å². The molecule has 26 heavy (non-hydrogen) atoms. The summed E-state index contributed by atoms with van der Waals surface area (Å²) >= 11 is 6.17. The molecule has 0 aromatic heterocycles. The number of carbonyl (C=O) groups is 1. The minimum absolute atomic E-state index is 0.0934. The number of nitrogens with zero attached hydrogens (tertiary/aromatic N) is 2. The molecule has 2 aromatic carbocycles. The van der Waals surface area contributed by atoms with Crippen LogP contribution in [0.2, 0.25) is 5.02 Å². The highest BCUT2D eigenvalue weighted by molar-refractivity contribution is 6.34. The predicted molar refractivity (Wildman–Crippen MR) is 103 cm³/mol. The predicted octanol–water partition coefficient (Wildman–Crippen LogP) is 4.36. The molecule has 0 heterocycles. The van der Waals surface area contributed by atoms with Gasteiger partial charge in [0.25, 0.3) is 11.6 Å². The highest BCUT2D eigenvalue weighted by Gasteiger charge is 2.22. The molecule has 8 heteroatoms. The summed E-state index contributed by atoms with van der Waals surface area (Å²) in [7, 11) is 1.48. The maximum Gasteiger partial charge on any atom is 0.294 e. The van der Waals surface area contributed by atoms with Gasteiger partial charge in [-0.05, 0) is 32.0 Å². The first-order valence-corrected chi connectivity index (χ1v) is 8.47. The van der Waals surface area contributed by atoms with Crippen LogP contribution < -0.4 is 15.0 Å². The van der Waals surface area contributed by atoms with Crippen LogP contribution in [-0.4, -0.2) is 31.0 Å². The SMILES string of the molecule is CCN(CC)c1cc(NC(=O)c2ccccc2OC)c(Cl)cc1[N+](=O)[O-]. The second-order valence-corrected chi connectivity index (χ2v) is 5.81. The summed E-state index contributed by atoms with van der Waals surface area (Å²) in [5.41, 5.74) is 0.942. The van der Waals surface area contributed by atoms with Crippen LogP contribution in [0.5, 0.6) is 5.75 Å². The average Bonchev–Trinajstić information content (AvgIpc) is 2.64. The van der Waals surface area contributed by atoms with Crippen molar-refractivity contribution >= 4 is 34.6 Å². The van der Waals surface area contributed by atoms with Gasteiger partial charge in [-0.1, -0.05) is 23.7 Å². The monoisotopic (exact) mass is 377 g/mol. The molecule has 0 aliphatic heterocycles. The number of ether oxygens (including phenoxy) is 1. The van der Waals surface area contributed by atoms with Crippen LogP contribution >= 0.6 is 11.6 Å². The van der Waals surface area contributed by atoms with Crippen molar-refractivity contribution < 1.29 is 14.5 Å². The fourth-order valence-electron chi connectivity index (χ4n) is 2.63. The first kappa shape index (κ1) is 19.5. The Kier molecular flexibility index (Phi) is 6.41. The summed E-state index contributed by atoms with van der Waals surface area (Å²) in [6.07, 6.45) is 0. The zero-order valence-electron chi connectivity index (χ0n) is 14.8. The third kappa shape index (κ3) is 4.05. The smallest absolute Gasteiger partial charge is 0.294 e. The van der Waals surface area contributed by atoms with Crippen molar-refractivity contribution in [3.8, 4) is 5.75 Å². The standard InChI is InChI=1S/C18H20ClN3O4/c1-4-21(5-2)15-11-14(13(19)10-16(15)22(24)25)20-18(23)12-8-6-7-9-17(12)26-3/h6-11H,4-5H2,1-3H3,(H,20,23). The summed E-state index contributed by atoms with van der Waals surface area (Å²) < 4.78 is 5.19. The molecule has 138 valence electrons. The molecule has 0 aliphatic rings. The first-order chi connectivity index (χ1) is 12.4. The molecular weight excluding hydrogens is 358 g/mol. The van der Waals surface area contributed by atoms with E-state index in [9.17, 15) is 14.9 Å². The average molecular weight is 378 g/mol. The second-order valence-electron chi connectivity index (χ2n) is 5.40. The van der Waals surface area contributed by atoms with E-state index < -0.39 is 10.8 Å². The molecule has 0 fully saturated rings. The van der Waals surface area contributed by atoms with Gasteiger partial charge in [-0.25, -0.2) is 0 Å². The van der Waals surface area contributed by atoms with E-state index in [4.69, 9.17) is 16.3 Å². The van der Waals surface area contributed by atoms with Gasteiger partial charge >= 0.3 is 0 Å². The molecule has 0 bridgehead atoms. The zero-order chi connectivity index (χ0) is 19.3. The first-order valence-electron chi connectivity index (χ1n) is 8.10. The molecule has 0 saturated carbocycles. The Bertz CT molecular complexity index is 822. The molecule has 0 atom stereocenters. The molecule has 0 aliphatic carbocycles. The molecule has 0 saturated heterocycles. The normalized spacial score (nSPS) is 10.3. The third-order valence-corrected chi connectivity index (χ3v) is 4.28. The number of methoxy groups -OCH3 is 1. The number of para-hydroxylation sites is 1. The number of halogens is 1. The number of rotatable bonds is 7. The van der Waals surface area contributed by atoms with E-state index in [1.165, 1.54) is 19.2 Å². The summed E-state index contributed by atoms with van der Waals surface area (Å²) in [6.45, 7) is 4.96. The van der Waals surface area contributed by atoms with E-state index >= 15 is 0 Å². The van der Waals surface area contributed by atoms with Crippen molar-refractivity contribution in [1.82, 2.24) is 0 Å². The number of anilines is 2. The van der Waals surface area contributed by atoms with Crippen molar-refractivity contribution in [1.29, 1.82) is 0 Å². The molecule has 1 amide bonds. The Hall–Kier alpha value is -2.80. The zero-order valence-corrected chi connectivity index (χ0v) is 15.5. The van der Waals surface area contributed by atoms with E-state index in [0.717, 1.165) is 0 Å². The van der Waals surface area contributed by atoms with Crippen LogP contribution in [0.15, 0.2) is 36.4 Å². The van der Waals surface area contributed by atoms with Crippen molar-refractivity contribution in [3.05, 3.63) is 57.1 Å². The van der Waals surface area contributed by atoms with E-state index in [1.54, 1.807) is 24.3 Å². The topological polar surface area (TPSA) is 84.7 Å². The molecule has 2 rings (SSSR count). The number of hydrogen-bond acceptors (Lipinski definition) is 5. The minimum Gasteiger partial charge on any atom is -0.496 e. The molecule has 0 radical (unpaired) electrons. The number of benzene rings is 2. The highest BCUT2D eigenvalue weighted by Crippen LogP contribution is 2.37. The van der Waals surface area contributed by atoms with Crippen LogP contribution in [-0.2, 0) is 0 Å². The maximum absolute atomic E-state index is 12.6. The van der Waals surface area contributed by atoms with Gasteiger partial charge in [0.05, 0.1) is 28.3 Å². The number of nitrogens with one attached hydrogen (secondary N) is 1. The molecule has 2 aromatic rings. The Morgan fingerprint density at radius 1 is 1.27 bits per heavy atom. The molecule has 0 spiro atoms. The van der Waals surface area contributed by atoms with Gasteiger partial charge < -0.3 is 15.0 Å². The number of nitro groups is 1. The van der Waals surface area contributed by atoms with E-state index in [-0.39, 0.29) is 10.7 Å².